The Bertz CT molecular complexity index is 303. The average Bonchev–Trinajstić information content (AvgIpc) is 2.37. The Balaban J connectivity index is 0.000000203. The van der Waals surface area contributed by atoms with Gasteiger partial charge in [-0.3, -0.25) is 9.89 Å². The third-order valence-corrected chi connectivity index (χ3v) is 2.66. The summed E-state index contributed by atoms with van der Waals surface area (Å²) in [6.07, 6.45) is 6.81. The van der Waals surface area contributed by atoms with Crippen LogP contribution in [0.4, 0.5) is 25.2 Å². The summed E-state index contributed by atoms with van der Waals surface area (Å²) in [5, 5.41) is 3.50. The SMILES string of the molecule is C1CCC2=[N+](CC1)CCCN2.F[P-](F)(F)(F)(F)F. The molecule has 0 aliphatic carbocycles. The summed E-state index contributed by atoms with van der Waals surface area (Å²) in [6.45, 7) is 3.79. The van der Waals surface area contributed by atoms with Gasteiger partial charge in [0, 0.05) is 12.8 Å². The fraction of sp³-hybridized carbons (Fsp3) is 0.889. The van der Waals surface area contributed by atoms with Gasteiger partial charge in [0.1, 0.15) is 0 Å². The van der Waals surface area contributed by atoms with E-state index in [1.54, 1.807) is 0 Å². The first kappa shape index (κ1) is 15.5. The second-order valence-electron chi connectivity index (χ2n) is 4.48. The maximum absolute atomic E-state index is 10.7. The summed E-state index contributed by atoms with van der Waals surface area (Å²) in [5.41, 5.74) is 0. The monoisotopic (exact) mass is 298 g/mol. The van der Waals surface area contributed by atoms with Crippen LogP contribution in [-0.2, 0) is 0 Å². The Morgan fingerprint density at radius 1 is 0.833 bits per heavy atom. The van der Waals surface area contributed by atoms with E-state index in [4.69, 9.17) is 0 Å². The van der Waals surface area contributed by atoms with Crippen molar-refractivity contribution in [1.82, 2.24) is 5.32 Å². The number of rotatable bonds is 0. The van der Waals surface area contributed by atoms with Crippen LogP contribution >= 0.6 is 7.81 Å². The van der Waals surface area contributed by atoms with Crippen LogP contribution in [0.1, 0.15) is 32.1 Å². The molecule has 0 amide bonds. The van der Waals surface area contributed by atoms with Crippen molar-refractivity contribution in [2.75, 3.05) is 19.6 Å². The average molecular weight is 298 g/mol. The van der Waals surface area contributed by atoms with Crippen molar-refractivity contribution in [3.63, 3.8) is 0 Å². The van der Waals surface area contributed by atoms with Crippen molar-refractivity contribution in [2.45, 2.75) is 32.1 Å². The first-order valence-corrected chi connectivity index (χ1v) is 7.86. The van der Waals surface area contributed by atoms with Gasteiger partial charge in [-0.1, -0.05) is 0 Å². The molecule has 9 heteroatoms. The molecule has 2 aliphatic heterocycles. The van der Waals surface area contributed by atoms with Crippen molar-refractivity contribution in [2.24, 2.45) is 0 Å². The molecule has 2 heterocycles. The van der Waals surface area contributed by atoms with Gasteiger partial charge in [-0.2, -0.15) is 0 Å². The molecule has 0 unspecified atom stereocenters. The fourth-order valence-electron chi connectivity index (χ4n) is 2.01. The van der Waals surface area contributed by atoms with Crippen LogP contribution in [0.3, 0.4) is 0 Å². The second kappa shape index (κ2) is 4.54. The van der Waals surface area contributed by atoms with E-state index in [0.29, 0.717) is 0 Å². The Morgan fingerprint density at radius 3 is 2.00 bits per heavy atom. The Kier molecular flexibility index (Phi) is 3.92. The van der Waals surface area contributed by atoms with E-state index >= 15 is 0 Å². The number of hydrogen-bond acceptors (Lipinski definition) is 1. The third kappa shape index (κ3) is 9.50. The van der Waals surface area contributed by atoms with Crippen molar-refractivity contribution >= 4 is 13.6 Å². The zero-order valence-electron chi connectivity index (χ0n) is 9.82. The third-order valence-electron chi connectivity index (χ3n) is 2.66. The Morgan fingerprint density at radius 2 is 1.39 bits per heavy atom. The van der Waals surface area contributed by atoms with Crippen LogP contribution in [0.25, 0.3) is 0 Å². The summed E-state index contributed by atoms with van der Waals surface area (Å²) in [7, 11) is -10.7. The van der Waals surface area contributed by atoms with E-state index in [9.17, 15) is 25.2 Å². The number of nitrogens with zero attached hydrogens (tertiary/aromatic N) is 1. The van der Waals surface area contributed by atoms with Gasteiger partial charge in [0.25, 0.3) is 0 Å². The molecule has 0 bridgehead atoms. The van der Waals surface area contributed by atoms with Gasteiger partial charge < -0.3 is 0 Å². The number of halogens is 6. The van der Waals surface area contributed by atoms with Gasteiger partial charge >= 0.3 is 33.0 Å². The van der Waals surface area contributed by atoms with E-state index in [1.807, 2.05) is 0 Å². The molecular formula is C9H17F6N2P. The predicted molar refractivity (Wildman–Crippen MR) is 59.7 cm³/mol. The molecule has 0 saturated carbocycles. The van der Waals surface area contributed by atoms with Gasteiger partial charge in [-0.15, -0.1) is 0 Å². The van der Waals surface area contributed by atoms with Crippen LogP contribution in [0.2, 0.25) is 0 Å². The molecule has 0 aromatic heterocycles. The van der Waals surface area contributed by atoms with Crippen molar-refractivity contribution in [3.8, 4) is 0 Å². The normalized spacial score (nSPS) is 24.6. The predicted octanol–water partition coefficient (Wildman–Crippen LogP) is 4.35. The zero-order chi connectivity index (χ0) is 13.9. The quantitative estimate of drug-likeness (QED) is 0.399. The number of amidine groups is 1. The number of nitrogens with one attached hydrogen (secondary N) is 1. The Labute approximate surface area is 101 Å². The minimum atomic E-state index is -10.7. The van der Waals surface area contributed by atoms with E-state index < -0.39 is 7.81 Å². The molecule has 0 aromatic rings. The van der Waals surface area contributed by atoms with E-state index in [2.05, 4.69) is 9.89 Å². The first-order chi connectivity index (χ1) is 7.92. The van der Waals surface area contributed by atoms with Gasteiger partial charge in [0.2, 0.25) is 5.84 Å². The topological polar surface area (TPSA) is 15.0 Å². The summed E-state index contributed by atoms with van der Waals surface area (Å²) >= 11 is 0. The Hall–Kier alpha value is -0.520. The van der Waals surface area contributed by atoms with Crippen LogP contribution in [0.15, 0.2) is 0 Å². The number of hydrogen-bond donors (Lipinski definition) is 1. The van der Waals surface area contributed by atoms with Crippen LogP contribution < -0.4 is 5.32 Å². The van der Waals surface area contributed by atoms with Gasteiger partial charge in [0.05, 0.1) is 19.6 Å². The second-order valence-corrected chi connectivity index (χ2v) is 6.40. The molecule has 0 fully saturated rings. The molecule has 0 aromatic carbocycles. The van der Waals surface area contributed by atoms with Gasteiger partial charge in [-0.25, -0.2) is 0 Å². The molecule has 0 atom stereocenters. The molecule has 2 rings (SSSR count). The van der Waals surface area contributed by atoms with Gasteiger partial charge in [0.15, 0.2) is 0 Å². The van der Waals surface area contributed by atoms with E-state index in [0.717, 1.165) is 0 Å². The summed E-state index contributed by atoms with van der Waals surface area (Å²) in [5.74, 6) is 1.52. The van der Waals surface area contributed by atoms with Crippen molar-refractivity contribution < 1.29 is 29.8 Å². The summed E-state index contributed by atoms with van der Waals surface area (Å²) in [4.78, 5) is 0. The van der Waals surface area contributed by atoms with E-state index in [1.165, 1.54) is 57.6 Å². The molecule has 0 saturated heterocycles. The fourth-order valence-corrected chi connectivity index (χ4v) is 2.01. The standard InChI is InChI=1S/C9H16N2.F6P/c1-2-5-9-10-6-4-8-11(9)7-3-1;1-7(2,3,4,5)6/h1-8H2;/q;-1/p+1. The van der Waals surface area contributed by atoms with Crippen LogP contribution in [0, 0.1) is 0 Å². The van der Waals surface area contributed by atoms with Gasteiger partial charge in [-0.05, 0) is 19.3 Å². The molecule has 1 N–H and O–H groups in total. The zero-order valence-corrected chi connectivity index (χ0v) is 10.7. The minimum absolute atomic E-state index is 1.20. The molecule has 18 heavy (non-hydrogen) atoms. The van der Waals surface area contributed by atoms with Crippen LogP contribution in [-0.4, -0.2) is 30.0 Å². The van der Waals surface area contributed by atoms with Crippen molar-refractivity contribution in [3.05, 3.63) is 0 Å². The molecule has 2 nitrogen and oxygen atoms in total. The summed E-state index contributed by atoms with van der Waals surface area (Å²) in [6, 6.07) is 0. The molecule has 110 valence electrons. The molecular weight excluding hydrogens is 281 g/mol. The summed E-state index contributed by atoms with van der Waals surface area (Å²) < 4.78 is 61.7. The van der Waals surface area contributed by atoms with Crippen LogP contribution in [0.5, 0.6) is 0 Å². The van der Waals surface area contributed by atoms with Crippen molar-refractivity contribution in [1.29, 1.82) is 0 Å². The molecule has 2 aliphatic rings. The maximum atomic E-state index is 9.87. The van der Waals surface area contributed by atoms with E-state index in [-0.39, 0.29) is 0 Å². The molecule has 0 radical (unpaired) electrons. The first-order valence-electron chi connectivity index (χ1n) is 5.83. The molecule has 0 spiro atoms.